The van der Waals surface area contributed by atoms with Crippen LogP contribution in [0.2, 0.25) is 10.0 Å². The normalized spacial score (nSPS) is 29.8. The van der Waals surface area contributed by atoms with Crippen LogP contribution >= 0.6 is 23.2 Å². The molecule has 2 heterocycles. The van der Waals surface area contributed by atoms with Gasteiger partial charge in [-0.3, -0.25) is 14.9 Å². The number of nitrogens with one attached hydrogen (secondary N) is 2. The Morgan fingerprint density at radius 1 is 1.06 bits per heavy atom. The van der Waals surface area contributed by atoms with E-state index in [1.54, 1.807) is 24.3 Å². The monoisotopic (exact) mass is 472 g/mol. The Morgan fingerprint density at radius 3 is 2.53 bits per heavy atom. The number of carbonyl (C=O) groups is 2. The zero-order chi connectivity index (χ0) is 22.5. The first-order chi connectivity index (χ1) is 15.4. The summed E-state index contributed by atoms with van der Waals surface area (Å²) in [6, 6.07) is 11.4. The molecule has 0 bridgehead atoms. The van der Waals surface area contributed by atoms with Gasteiger partial charge in [0.15, 0.2) is 0 Å². The first kappa shape index (κ1) is 21.7. The van der Waals surface area contributed by atoms with E-state index in [-0.39, 0.29) is 11.9 Å². The van der Waals surface area contributed by atoms with Crippen molar-refractivity contribution >= 4 is 40.8 Å². The van der Waals surface area contributed by atoms with Gasteiger partial charge < -0.3 is 10.4 Å². The Balaban J connectivity index is 1.70. The van der Waals surface area contributed by atoms with Gasteiger partial charge in [-0.1, -0.05) is 73.5 Å². The number of carbonyl (C=O) groups excluding carboxylic acids is 1. The van der Waals surface area contributed by atoms with Crippen molar-refractivity contribution in [2.24, 2.45) is 5.92 Å². The first-order valence-corrected chi connectivity index (χ1v) is 12.0. The number of hydrogen-bond acceptors (Lipinski definition) is 3. The molecule has 0 radical (unpaired) electrons. The molecular weight excluding hydrogens is 447 g/mol. The molecular formula is C25H26Cl2N2O3. The number of anilines is 1. The van der Waals surface area contributed by atoms with Crippen LogP contribution in [0.1, 0.15) is 55.6 Å². The summed E-state index contributed by atoms with van der Waals surface area (Å²) in [6.45, 7) is 0. The summed E-state index contributed by atoms with van der Waals surface area (Å²) in [6.07, 6.45) is 6.60. The highest BCUT2D eigenvalue weighted by atomic mass is 35.5. The van der Waals surface area contributed by atoms with Crippen LogP contribution in [0.25, 0.3) is 0 Å². The molecule has 1 spiro atoms. The Hall–Kier alpha value is -2.08. The van der Waals surface area contributed by atoms with Gasteiger partial charge in [0.2, 0.25) is 5.91 Å². The second-order valence-electron chi connectivity index (χ2n) is 9.32. The van der Waals surface area contributed by atoms with Crippen molar-refractivity contribution in [2.75, 3.05) is 5.32 Å². The molecule has 168 valence electrons. The third kappa shape index (κ3) is 3.42. The van der Waals surface area contributed by atoms with E-state index in [1.165, 1.54) is 19.3 Å². The van der Waals surface area contributed by atoms with Gasteiger partial charge in [-0.05, 0) is 47.7 Å². The predicted molar refractivity (Wildman–Crippen MR) is 125 cm³/mol. The number of halogens is 2. The van der Waals surface area contributed by atoms with E-state index < -0.39 is 23.3 Å². The van der Waals surface area contributed by atoms with Gasteiger partial charge in [0.05, 0.1) is 0 Å². The summed E-state index contributed by atoms with van der Waals surface area (Å²) < 4.78 is 0. The SMILES string of the molecule is O=C(O)C1NC(CC2CCCCC2)C2(C(=O)Nc3cc(Cl)ccc32)C1c1cccc(Cl)c1. The quantitative estimate of drug-likeness (QED) is 0.559. The summed E-state index contributed by atoms with van der Waals surface area (Å²) in [5.41, 5.74) is 1.18. The van der Waals surface area contributed by atoms with Crippen molar-refractivity contribution in [1.82, 2.24) is 5.32 Å². The molecule has 4 unspecified atom stereocenters. The molecule has 1 saturated carbocycles. The van der Waals surface area contributed by atoms with E-state index >= 15 is 0 Å². The third-order valence-corrected chi connectivity index (χ3v) is 8.04. The van der Waals surface area contributed by atoms with Crippen molar-refractivity contribution in [1.29, 1.82) is 0 Å². The van der Waals surface area contributed by atoms with Crippen molar-refractivity contribution in [2.45, 2.75) is 61.9 Å². The Morgan fingerprint density at radius 2 is 1.81 bits per heavy atom. The minimum Gasteiger partial charge on any atom is -0.480 e. The maximum Gasteiger partial charge on any atom is 0.321 e. The third-order valence-electron chi connectivity index (χ3n) is 7.57. The summed E-state index contributed by atoms with van der Waals surface area (Å²) in [5.74, 6) is -1.27. The maximum absolute atomic E-state index is 13.8. The van der Waals surface area contributed by atoms with Crippen LogP contribution < -0.4 is 10.6 Å². The van der Waals surface area contributed by atoms with Crippen LogP contribution in [0, 0.1) is 5.92 Å². The molecule has 32 heavy (non-hydrogen) atoms. The zero-order valence-corrected chi connectivity index (χ0v) is 19.1. The maximum atomic E-state index is 13.8. The summed E-state index contributed by atoms with van der Waals surface area (Å²) >= 11 is 12.5. The second kappa shape index (κ2) is 8.36. The molecule has 3 N–H and O–H groups in total. The number of fused-ring (bicyclic) bond motifs is 2. The lowest BCUT2D eigenvalue weighted by Gasteiger charge is -2.37. The molecule has 2 fully saturated rings. The van der Waals surface area contributed by atoms with E-state index in [1.807, 2.05) is 18.2 Å². The number of rotatable bonds is 4. The lowest BCUT2D eigenvalue weighted by Crippen LogP contribution is -2.49. The summed E-state index contributed by atoms with van der Waals surface area (Å²) in [4.78, 5) is 26.3. The Bertz CT molecular complexity index is 1070. The highest BCUT2D eigenvalue weighted by Crippen LogP contribution is 2.56. The minimum atomic E-state index is -1.05. The van der Waals surface area contributed by atoms with Crippen molar-refractivity contribution in [3.63, 3.8) is 0 Å². The van der Waals surface area contributed by atoms with Gasteiger partial charge in [0, 0.05) is 27.7 Å². The number of carboxylic acid groups (broad SMARTS) is 1. The molecule has 2 aromatic rings. The predicted octanol–water partition coefficient (Wildman–Crippen LogP) is 5.36. The van der Waals surface area contributed by atoms with Crippen molar-refractivity contribution in [3.05, 3.63) is 63.6 Å². The van der Waals surface area contributed by atoms with E-state index in [0.717, 1.165) is 30.4 Å². The number of aliphatic carboxylic acids is 1. The van der Waals surface area contributed by atoms with Crippen LogP contribution in [0.3, 0.4) is 0 Å². The number of amides is 1. The van der Waals surface area contributed by atoms with Gasteiger partial charge in [0.1, 0.15) is 11.5 Å². The largest absolute Gasteiger partial charge is 0.480 e. The van der Waals surface area contributed by atoms with Crippen LogP contribution in [0.15, 0.2) is 42.5 Å². The van der Waals surface area contributed by atoms with Crippen LogP contribution in [-0.4, -0.2) is 29.1 Å². The van der Waals surface area contributed by atoms with Crippen molar-refractivity contribution in [3.8, 4) is 0 Å². The van der Waals surface area contributed by atoms with Gasteiger partial charge in [-0.25, -0.2) is 0 Å². The van der Waals surface area contributed by atoms with Crippen LogP contribution in [0.4, 0.5) is 5.69 Å². The molecule has 5 rings (SSSR count). The molecule has 1 amide bonds. The fourth-order valence-corrected chi connectivity index (χ4v) is 6.66. The van der Waals surface area contributed by atoms with Crippen LogP contribution in [-0.2, 0) is 15.0 Å². The van der Waals surface area contributed by atoms with E-state index in [9.17, 15) is 14.7 Å². The zero-order valence-electron chi connectivity index (χ0n) is 17.6. The molecule has 2 aliphatic heterocycles. The molecule has 0 aromatic heterocycles. The minimum absolute atomic E-state index is 0.170. The molecule has 2 aromatic carbocycles. The van der Waals surface area contributed by atoms with Gasteiger partial charge in [-0.15, -0.1) is 0 Å². The van der Waals surface area contributed by atoms with E-state index in [2.05, 4.69) is 10.6 Å². The molecule has 1 aliphatic carbocycles. The number of hydrogen-bond donors (Lipinski definition) is 3. The Labute approximate surface area is 197 Å². The van der Waals surface area contributed by atoms with E-state index in [0.29, 0.717) is 21.7 Å². The smallest absolute Gasteiger partial charge is 0.321 e. The van der Waals surface area contributed by atoms with Gasteiger partial charge in [0.25, 0.3) is 0 Å². The fourth-order valence-electron chi connectivity index (χ4n) is 6.29. The fraction of sp³-hybridized carbons (Fsp3) is 0.440. The lowest BCUT2D eigenvalue weighted by molar-refractivity contribution is -0.139. The molecule has 7 heteroatoms. The van der Waals surface area contributed by atoms with Crippen LogP contribution in [0.5, 0.6) is 0 Å². The highest BCUT2D eigenvalue weighted by Gasteiger charge is 2.65. The van der Waals surface area contributed by atoms with Gasteiger partial charge >= 0.3 is 5.97 Å². The van der Waals surface area contributed by atoms with Crippen molar-refractivity contribution < 1.29 is 14.7 Å². The van der Waals surface area contributed by atoms with Gasteiger partial charge in [-0.2, -0.15) is 0 Å². The summed E-state index contributed by atoms with van der Waals surface area (Å²) in [7, 11) is 0. The number of benzene rings is 2. The molecule has 3 aliphatic rings. The topological polar surface area (TPSA) is 78.4 Å². The standard InChI is InChI=1S/C25H26Cl2N2O3/c26-16-8-4-7-15(12-16)21-22(23(30)31)29-20(11-14-5-2-1-3-6-14)25(21)18-10-9-17(27)13-19(18)28-24(25)32/h4,7-10,12-14,20-22,29H,1-3,5-6,11H2,(H,28,32)(H,30,31). The number of carboxylic acids is 1. The van der Waals surface area contributed by atoms with E-state index in [4.69, 9.17) is 23.2 Å². The average molecular weight is 473 g/mol. The first-order valence-electron chi connectivity index (χ1n) is 11.3. The molecule has 5 nitrogen and oxygen atoms in total. The molecule has 1 saturated heterocycles. The highest BCUT2D eigenvalue weighted by molar-refractivity contribution is 6.31. The lowest BCUT2D eigenvalue weighted by atomic mass is 9.63. The Kier molecular flexibility index (Phi) is 5.68. The average Bonchev–Trinajstić information content (AvgIpc) is 3.24. The summed E-state index contributed by atoms with van der Waals surface area (Å²) in [5, 5.41) is 17.7. The molecule has 4 atom stereocenters. The second-order valence-corrected chi connectivity index (χ2v) is 10.2.